The van der Waals surface area contributed by atoms with E-state index in [1.807, 2.05) is 29.6 Å². The molecule has 0 fully saturated rings. The number of nitrogens with one attached hydrogen (secondary N) is 1. The molecule has 0 aliphatic heterocycles. The summed E-state index contributed by atoms with van der Waals surface area (Å²) in [5.74, 6) is 0.884. The molecule has 3 N–H and O–H groups in total. The lowest BCUT2D eigenvalue weighted by molar-refractivity contribution is 0.0998. The number of hydrogen-bond donors (Lipinski definition) is 2. The maximum atomic E-state index is 12.7. The lowest BCUT2D eigenvalue weighted by Crippen LogP contribution is -2.12. The van der Waals surface area contributed by atoms with Crippen molar-refractivity contribution in [2.24, 2.45) is 0 Å². The molecule has 142 valence electrons. The predicted molar refractivity (Wildman–Crippen MR) is 111 cm³/mol. The third-order valence-corrected chi connectivity index (χ3v) is 5.27. The maximum Gasteiger partial charge on any atom is 0.291 e. The first-order valence-electron chi connectivity index (χ1n) is 8.49. The van der Waals surface area contributed by atoms with Crippen LogP contribution in [0.4, 0.5) is 11.4 Å². The Morgan fingerprint density at radius 1 is 1.07 bits per heavy atom. The molecule has 4 aromatic rings. The SMILES string of the molecule is COc1cc2cc(C(=O)Nc3cc(-c4cccs4)ccc3N)oc2cc1OC. The van der Waals surface area contributed by atoms with Crippen molar-refractivity contribution in [2.75, 3.05) is 25.3 Å². The highest BCUT2D eigenvalue weighted by atomic mass is 32.1. The van der Waals surface area contributed by atoms with Gasteiger partial charge < -0.3 is 24.9 Å². The van der Waals surface area contributed by atoms with Crippen LogP contribution in [0.5, 0.6) is 11.5 Å². The van der Waals surface area contributed by atoms with Gasteiger partial charge in [0.05, 0.1) is 25.6 Å². The molecule has 2 aromatic heterocycles. The van der Waals surface area contributed by atoms with Gasteiger partial charge in [0.1, 0.15) is 5.58 Å². The number of ether oxygens (including phenoxy) is 2. The lowest BCUT2D eigenvalue weighted by Gasteiger charge is -2.09. The van der Waals surface area contributed by atoms with E-state index in [1.54, 1.807) is 49.8 Å². The highest BCUT2D eigenvalue weighted by molar-refractivity contribution is 7.13. The summed E-state index contributed by atoms with van der Waals surface area (Å²) >= 11 is 1.62. The van der Waals surface area contributed by atoms with E-state index < -0.39 is 0 Å². The Labute approximate surface area is 165 Å². The molecule has 0 aliphatic carbocycles. The molecular formula is C21H18N2O4S. The minimum Gasteiger partial charge on any atom is -0.493 e. The summed E-state index contributed by atoms with van der Waals surface area (Å²) in [5.41, 5.74) is 8.57. The van der Waals surface area contributed by atoms with Crippen molar-refractivity contribution in [3.8, 4) is 21.9 Å². The van der Waals surface area contributed by atoms with Crippen LogP contribution in [0.15, 0.2) is 58.3 Å². The van der Waals surface area contributed by atoms with Gasteiger partial charge in [-0.3, -0.25) is 4.79 Å². The van der Waals surface area contributed by atoms with Gasteiger partial charge in [-0.15, -0.1) is 11.3 Å². The summed E-state index contributed by atoms with van der Waals surface area (Å²) in [6.45, 7) is 0. The molecule has 4 rings (SSSR count). The molecule has 0 spiro atoms. The van der Waals surface area contributed by atoms with Crippen LogP contribution in [0.3, 0.4) is 0 Å². The van der Waals surface area contributed by atoms with Gasteiger partial charge in [-0.1, -0.05) is 12.1 Å². The molecular weight excluding hydrogens is 376 g/mol. The van der Waals surface area contributed by atoms with Gasteiger partial charge in [-0.05, 0) is 41.3 Å². The number of carbonyl (C=O) groups is 1. The third kappa shape index (κ3) is 3.27. The summed E-state index contributed by atoms with van der Waals surface area (Å²) in [5, 5.41) is 5.57. The van der Waals surface area contributed by atoms with Crippen LogP contribution >= 0.6 is 11.3 Å². The fourth-order valence-electron chi connectivity index (χ4n) is 2.92. The number of methoxy groups -OCH3 is 2. The number of furan rings is 1. The monoisotopic (exact) mass is 394 g/mol. The van der Waals surface area contributed by atoms with Gasteiger partial charge >= 0.3 is 0 Å². The summed E-state index contributed by atoms with van der Waals surface area (Å²) in [4.78, 5) is 13.8. The van der Waals surface area contributed by atoms with Crippen LogP contribution in [0, 0.1) is 0 Å². The van der Waals surface area contributed by atoms with E-state index in [9.17, 15) is 4.79 Å². The maximum absolute atomic E-state index is 12.7. The average molecular weight is 394 g/mol. The Bertz CT molecular complexity index is 1110. The number of carbonyl (C=O) groups excluding carboxylic acids is 1. The second-order valence-electron chi connectivity index (χ2n) is 6.09. The summed E-state index contributed by atoms with van der Waals surface area (Å²) < 4.78 is 16.3. The number of fused-ring (bicyclic) bond motifs is 1. The highest BCUT2D eigenvalue weighted by Crippen LogP contribution is 2.34. The molecule has 2 heterocycles. The van der Waals surface area contributed by atoms with E-state index in [-0.39, 0.29) is 11.7 Å². The normalized spacial score (nSPS) is 10.8. The topological polar surface area (TPSA) is 86.7 Å². The van der Waals surface area contributed by atoms with E-state index in [0.717, 1.165) is 15.8 Å². The van der Waals surface area contributed by atoms with Crippen LogP contribution < -0.4 is 20.5 Å². The number of nitrogens with two attached hydrogens (primary N) is 1. The molecule has 0 aliphatic rings. The largest absolute Gasteiger partial charge is 0.493 e. The molecule has 0 saturated carbocycles. The van der Waals surface area contributed by atoms with Gasteiger partial charge in [-0.2, -0.15) is 0 Å². The van der Waals surface area contributed by atoms with Gasteiger partial charge in [0.2, 0.25) is 0 Å². The Kier molecular flexibility index (Phi) is 4.67. The molecule has 0 radical (unpaired) electrons. The number of amides is 1. The predicted octanol–water partition coefficient (Wildman–Crippen LogP) is 5.01. The zero-order valence-electron chi connectivity index (χ0n) is 15.3. The first kappa shape index (κ1) is 17.9. The zero-order chi connectivity index (χ0) is 19.7. The van der Waals surface area contributed by atoms with Crippen molar-refractivity contribution in [1.82, 2.24) is 0 Å². The minimum atomic E-state index is -0.385. The Hall–Kier alpha value is -3.45. The second kappa shape index (κ2) is 7.28. The van der Waals surface area contributed by atoms with Gasteiger partial charge in [0, 0.05) is 16.3 Å². The standard InChI is InChI=1S/C21H18N2O4S/c1-25-17-9-13-10-19(27-16(13)11-18(17)26-2)21(24)23-15-8-12(5-6-14(15)22)20-4-3-7-28-20/h3-11H,22H2,1-2H3,(H,23,24). The van der Waals surface area contributed by atoms with Crippen LogP contribution in [0.25, 0.3) is 21.4 Å². The van der Waals surface area contributed by atoms with E-state index in [2.05, 4.69) is 5.32 Å². The molecule has 0 saturated heterocycles. The number of nitrogen functional groups attached to an aromatic ring is 1. The minimum absolute atomic E-state index is 0.172. The van der Waals surface area contributed by atoms with E-state index in [0.29, 0.717) is 28.5 Å². The first-order chi connectivity index (χ1) is 13.6. The second-order valence-corrected chi connectivity index (χ2v) is 7.04. The van der Waals surface area contributed by atoms with Crippen LogP contribution in [-0.4, -0.2) is 20.1 Å². The van der Waals surface area contributed by atoms with Gasteiger partial charge in [0.15, 0.2) is 17.3 Å². The molecule has 0 bridgehead atoms. The van der Waals surface area contributed by atoms with Crippen molar-refractivity contribution in [2.45, 2.75) is 0 Å². The number of rotatable bonds is 5. The molecule has 0 unspecified atom stereocenters. The van der Waals surface area contributed by atoms with Crippen LogP contribution in [0.2, 0.25) is 0 Å². The van der Waals surface area contributed by atoms with E-state index in [1.165, 1.54) is 0 Å². The number of hydrogen-bond acceptors (Lipinski definition) is 6. The van der Waals surface area contributed by atoms with Crippen LogP contribution in [-0.2, 0) is 0 Å². The van der Waals surface area contributed by atoms with Gasteiger partial charge in [0.25, 0.3) is 5.91 Å². The molecule has 6 nitrogen and oxygen atoms in total. The number of thiophene rings is 1. The number of benzene rings is 2. The Morgan fingerprint density at radius 2 is 1.86 bits per heavy atom. The zero-order valence-corrected chi connectivity index (χ0v) is 16.1. The van der Waals surface area contributed by atoms with Crippen molar-refractivity contribution in [3.63, 3.8) is 0 Å². The summed E-state index contributed by atoms with van der Waals surface area (Å²) in [7, 11) is 3.10. The van der Waals surface area contributed by atoms with Crippen molar-refractivity contribution >= 4 is 39.6 Å². The molecule has 0 atom stereocenters. The molecule has 28 heavy (non-hydrogen) atoms. The summed E-state index contributed by atoms with van der Waals surface area (Å²) in [6, 6.07) is 14.7. The lowest BCUT2D eigenvalue weighted by atomic mass is 10.1. The van der Waals surface area contributed by atoms with Crippen molar-refractivity contribution < 1.29 is 18.7 Å². The molecule has 2 aromatic carbocycles. The third-order valence-electron chi connectivity index (χ3n) is 4.35. The van der Waals surface area contributed by atoms with E-state index in [4.69, 9.17) is 19.6 Å². The Balaban J connectivity index is 1.64. The number of anilines is 2. The molecule has 7 heteroatoms. The fourth-order valence-corrected chi connectivity index (χ4v) is 3.65. The summed E-state index contributed by atoms with van der Waals surface area (Å²) in [6.07, 6.45) is 0. The smallest absolute Gasteiger partial charge is 0.291 e. The average Bonchev–Trinajstić information content (AvgIpc) is 3.38. The molecule has 1 amide bonds. The van der Waals surface area contributed by atoms with Crippen LogP contribution in [0.1, 0.15) is 10.6 Å². The van der Waals surface area contributed by atoms with E-state index >= 15 is 0 Å². The quantitative estimate of drug-likeness (QED) is 0.465. The highest BCUT2D eigenvalue weighted by Gasteiger charge is 2.17. The van der Waals surface area contributed by atoms with Crippen molar-refractivity contribution in [3.05, 3.63) is 59.7 Å². The van der Waals surface area contributed by atoms with Crippen molar-refractivity contribution in [1.29, 1.82) is 0 Å². The Morgan fingerprint density at radius 3 is 2.57 bits per heavy atom. The first-order valence-corrected chi connectivity index (χ1v) is 9.37. The fraction of sp³-hybridized carbons (Fsp3) is 0.0952. The van der Waals surface area contributed by atoms with Gasteiger partial charge in [-0.25, -0.2) is 0 Å².